The second-order valence-corrected chi connectivity index (χ2v) is 4.54. The van der Waals surface area contributed by atoms with Gasteiger partial charge in [-0.25, -0.2) is 0 Å². The van der Waals surface area contributed by atoms with E-state index in [-0.39, 0.29) is 0 Å². The van der Waals surface area contributed by atoms with Crippen LogP contribution in [0.5, 0.6) is 0 Å². The van der Waals surface area contributed by atoms with Crippen LogP contribution in [0.25, 0.3) is 11.0 Å². The highest BCUT2D eigenvalue weighted by Crippen LogP contribution is 2.18. The molecule has 0 fully saturated rings. The molecule has 0 saturated carbocycles. The lowest BCUT2D eigenvalue weighted by molar-refractivity contribution is 0.785. The van der Waals surface area contributed by atoms with Crippen molar-refractivity contribution < 1.29 is 0 Å². The van der Waals surface area contributed by atoms with Crippen molar-refractivity contribution >= 4 is 23.3 Å². The normalized spacial score (nSPS) is 10.5. The summed E-state index contributed by atoms with van der Waals surface area (Å²) in [6, 6.07) is 13.5. The number of hydrogen-bond acceptors (Lipinski definition) is 3. The van der Waals surface area contributed by atoms with Crippen molar-refractivity contribution in [1.82, 2.24) is 14.5 Å². The third-order valence-corrected chi connectivity index (χ3v) is 3.30. The summed E-state index contributed by atoms with van der Waals surface area (Å²) in [6.45, 7) is 0.592. The molecule has 3 aromatic rings. The molecule has 0 aliphatic heterocycles. The topological polar surface area (TPSA) is 57.4 Å². The van der Waals surface area contributed by atoms with Gasteiger partial charge in [-0.05, 0) is 36.5 Å². The molecule has 0 radical (unpaired) electrons. The molecule has 0 amide bonds. The Morgan fingerprint density at radius 2 is 2.16 bits per heavy atom. The van der Waals surface area contributed by atoms with Crippen LogP contribution in [0, 0.1) is 16.1 Å². The first-order valence-corrected chi connectivity index (χ1v) is 6.22. The lowest BCUT2D eigenvalue weighted by atomic mass is 10.2. The molecule has 0 saturated heterocycles. The first kappa shape index (κ1) is 11.6. The first-order valence-electron chi connectivity index (χ1n) is 5.81. The Balaban J connectivity index is 2.17. The number of nitrogens with one attached hydrogen (secondary N) is 1. The molecule has 5 heteroatoms. The van der Waals surface area contributed by atoms with Gasteiger partial charge in [0.05, 0.1) is 28.8 Å². The molecular weight excluding hydrogens is 256 g/mol. The summed E-state index contributed by atoms with van der Waals surface area (Å²) in [5.41, 5.74) is 3.24. The molecule has 0 unspecified atom stereocenters. The second kappa shape index (κ2) is 4.67. The van der Waals surface area contributed by atoms with Gasteiger partial charge in [-0.1, -0.05) is 12.1 Å². The summed E-state index contributed by atoms with van der Waals surface area (Å²) < 4.78 is 2.55. The molecule has 19 heavy (non-hydrogen) atoms. The van der Waals surface area contributed by atoms with Crippen molar-refractivity contribution in [2.24, 2.45) is 0 Å². The highest BCUT2D eigenvalue weighted by molar-refractivity contribution is 7.71. The average Bonchev–Trinajstić information content (AvgIpc) is 2.76. The fourth-order valence-corrected chi connectivity index (χ4v) is 2.35. The third kappa shape index (κ3) is 2.02. The summed E-state index contributed by atoms with van der Waals surface area (Å²) in [7, 11) is 0. The van der Waals surface area contributed by atoms with Gasteiger partial charge in [-0.3, -0.25) is 4.98 Å². The number of nitrogens with zero attached hydrogens (tertiary/aromatic N) is 3. The van der Waals surface area contributed by atoms with Crippen molar-refractivity contribution in [3.63, 3.8) is 0 Å². The first-order chi connectivity index (χ1) is 9.29. The molecule has 0 bridgehead atoms. The van der Waals surface area contributed by atoms with Crippen LogP contribution in [-0.4, -0.2) is 14.5 Å². The van der Waals surface area contributed by atoms with Gasteiger partial charge in [-0.2, -0.15) is 5.26 Å². The zero-order valence-electron chi connectivity index (χ0n) is 10.00. The van der Waals surface area contributed by atoms with E-state index in [1.807, 2.05) is 34.9 Å². The van der Waals surface area contributed by atoms with E-state index in [9.17, 15) is 0 Å². The number of H-pyrrole nitrogens is 1. The molecular formula is C14H10N4S. The van der Waals surface area contributed by atoms with Crippen molar-refractivity contribution in [2.45, 2.75) is 6.54 Å². The van der Waals surface area contributed by atoms with Crippen molar-refractivity contribution in [3.05, 3.63) is 58.6 Å². The predicted molar refractivity (Wildman–Crippen MR) is 75.2 cm³/mol. The molecule has 3 rings (SSSR count). The van der Waals surface area contributed by atoms with Gasteiger partial charge in [-0.15, -0.1) is 0 Å². The van der Waals surface area contributed by atoms with Gasteiger partial charge >= 0.3 is 0 Å². The van der Waals surface area contributed by atoms with Crippen LogP contribution in [0.1, 0.15) is 11.3 Å². The van der Waals surface area contributed by atoms with Gasteiger partial charge in [0.1, 0.15) is 6.07 Å². The van der Waals surface area contributed by atoms with Crippen LogP contribution >= 0.6 is 12.2 Å². The van der Waals surface area contributed by atoms with E-state index < -0.39 is 0 Å². The minimum atomic E-state index is 0.592. The van der Waals surface area contributed by atoms with Crippen molar-refractivity contribution in [2.75, 3.05) is 0 Å². The quantitative estimate of drug-likeness (QED) is 0.725. The molecule has 92 valence electrons. The summed E-state index contributed by atoms with van der Waals surface area (Å²) in [4.78, 5) is 7.39. The Bertz CT molecular complexity index is 824. The lowest BCUT2D eigenvalue weighted by Gasteiger charge is -2.03. The number of para-hydroxylation sites is 1. The van der Waals surface area contributed by atoms with E-state index in [1.165, 1.54) is 0 Å². The highest BCUT2D eigenvalue weighted by Gasteiger charge is 2.08. The predicted octanol–water partition coefficient (Wildman–Crippen LogP) is 3.01. The maximum Gasteiger partial charge on any atom is 0.178 e. The van der Waals surface area contributed by atoms with E-state index in [1.54, 1.807) is 12.3 Å². The van der Waals surface area contributed by atoms with Crippen molar-refractivity contribution in [1.29, 1.82) is 5.26 Å². The summed E-state index contributed by atoms with van der Waals surface area (Å²) in [6.07, 6.45) is 1.76. The molecule has 4 nitrogen and oxygen atoms in total. The van der Waals surface area contributed by atoms with Crippen molar-refractivity contribution in [3.8, 4) is 6.07 Å². The Labute approximate surface area is 115 Å². The van der Waals surface area contributed by atoms with Crippen LogP contribution in [0.2, 0.25) is 0 Å². The molecule has 0 atom stereocenters. The summed E-state index contributed by atoms with van der Waals surface area (Å²) in [5, 5.41) is 9.10. The summed E-state index contributed by atoms with van der Waals surface area (Å²) in [5.74, 6) is 0. The van der Waals surface area contributed by atoms with Crippen LogP contribution in [-0.2, 0) is 6.54 Å². The monoisotopic (exact) mass is 266 g/mol. The van der Waals surface area contributed by atoms with E-state index in [0.717, 1.165) is 16.7 Å². The van der Waals surface area contributed by atoms with Crippen LogP contribution in [0.4, 0.5) is 0 Å². The van der Waals surface area contributed by atoms with Gasteiger partial charge in [0.25, 0.3) is 0 Å². The number of nitriles is 1. The molecule has 0 aliphatic carbocycles. The Morgan fingerprint density at radius 3 is 2.89 bits per heavy atom. The minimum Gasteiger partial charge on any atom is -0.329 e. The third-order valence-electron chi connectivity index (χ3n) is 2.98. The van der Waals surface area contributed by atoms with E-state index in [4.69, 9.17) is 17.5 Å². The largest absolute Gasteiger partial charge is 0.329 e. The van der Waals surface area contributed by atoms with Gasteiger partial charge in [0.2, 0.25) is 0 Å². The van der Waals surface area contributed by atoms with E-state index in [2.05, 4.69) is 16.0 Å². The zero-order valence-corrected chi connectivity index (χ0v) is 10.8. The fourth-order valence-electron chi connectivity index (χ4n) is 2.08. The fraction of sp³-hybridized carbons (Fsp3) is 0.0714. The number of fused-ring (bicyclic) bond motifs is 1. The van der Waals surface area contributed by atoms with Crippen LogP contribution in [0.15, 0.2) is 42.6 Å². The molecule has 0 spiro atoms. The van der Waals surface area contributed by atoms with E-state index in [0.29, 0.717) is 16.9 Å². The van der Waals surface area contributed by atoms with Gasteiger partial charge in [0.15, 0.2) is 4.77 Å². The number of aromatic nitrogens is 3. The zero-order chi connectivity index (χ0) is 13.2. The highest BCUT2D eigenvalue weighted by atomic mass is 32.1. The van der Waals surface area contributed by atoms with Crippen LogP contribution in [0.3, 0.4) is 0 Å². The standard InChI is InChI=1S/C14H10N4S/c15-8-10-4-3-6-12-13(10)17-14(19)18(12)9-11-5-1-2-7-16-11/h1-7H,9H2,(H,17,19). The molecule has 0 aliphatic rings. The minimum absolute atomic E-state index is 0.592. The molecule has 1 N–H and O–H groups in total. The molecule has 2 heterocycles. The number of imidazole rings is 1. The van der Waals surface area contributed by atoms with E-state index >= 15 is 0 Å². The SMILES string of the molecule is N#Cc1cccc2c1[nH]c(=S)n2Cc1ccccn1. The number of pyridine rings is 1. The summed E-state index contributed by atoms with van der Waals surface area (Å²) >= 11 is 5.33. The van der Waals surface area contributed by atoms with Gasteiger partial charge in [0, 0.05) is 6.20 Å². The Hall–Kier alpha value is -2.45. The molecule has 1 aromatic carbocycles. The maximum atomic E-state index is 9.10. The maximum absolute atomic E-state index is 9.10. The second-order valence-electron chi connectivity index (χ2n) is 4.15. The Morgan fingerprint density at radius 1 is 1.26 bits per heavy atom. The Kier molecular flexibility index (Phi) is 2.86. The number of benzene rings is 1. The average molecular weight is 266 g/mol. The lowest BCUT2D eigenvalue weighted by Crippen LogP contribution is -2.01. The molecule has 2 aromatic heterocycles. The van der Waals surface area contributed by atoms with Crippen LogP contribution < -0.4 is 0 Å². The van der Waals surface area contributed by atoms with Gasteiger partial charge < -0.3 is 9.55 Å². The number of aromatic amines is 1. The number of rotatable bonds is 2. The smallest absolute Gasteiger partial charge is 0.178 e. The number of hydrogen-bond donors (Lipinski definition) is 1.